The molecule has 1 aromatic heterocycles. The van der Waals surface area contributed by atoms with Crippen LogP contribution < -0.4 is 20.3 Å². The first-order chi connectivity index (χ1) is 16.0. The van der Waals surface area contributed by atoms with Gasteiger partial charge in [-0.25, -0.2) is 4.68 Å². The summed E-state index contributed by atoms with van der Waals surface area (Å²) in [6, 6.07) is 20.5. The van der Waals surface area contributed by atoms with Gasteiger partial charge in [0.2, 0.25) is 0 Å². The minimum atomic E-state index is -0.221. The second-order valence-electron chi connectivity index (χ2n) is 7.71. The summed E-state index contributed by atoms with van der Waals surface area (Å²) in [5.74, 6) is 1.10. The number of fused-ring (bicyclic) bond motifs is 1. The Bertz CT molecular complexity index is 1360. The molecule has 0 bridgehead atoms. The fourth-order valence-electron chi connectivity index (χ4n) is 3.59. The van der Waals surface area contributed by atoms with Crippen molar-refractivity contribution in [1.82, 2.24) is 15.1 Å². The lowest BCUT2D eigenvalue weighted by Gasteiger charge is -2.13. The van der Waals surface area contributed by atoms with E-state index in [1.165, 1.54) is 4.68 Å². The zero-order chi connectivity index (χ0) is 23.4. The third kappa shape index (κ3) is 4.87. The van der Waals surface area contributed by atoms with Crippen LogP contribution in [-0.4, -0.2) is 29.4 Å². The van der Waals surface area contributed by atoms with Gasteiger partial charge < -0.3 is 14.8 Å². The second kappa shape index (κ2) is 9.56. The number of aryl methyl sites for hydroxylation is 2. The summed E-state index contributed by atoms with van der Waals surface area (Å²) in [4.78, 5) is 24.8. The average molecular weight is 444 g/mol. The third-order valence-electron chi connectivity index (χ3n) is 5.48. The largest absolute Gasteiger partial charge is 0.497 e. The van der Waals surface area contributed by atoms with Crippen molar-refractivity contribution in [2.45, 2.75) is 13.5 Å². The van der Waals surface area contributed by atoms with Crippen LogP contribution in [0.5, 0.6) is 11.5 Å². The number of aromatic nitrogens is 2. The summed E-state index contributed by atoms with van der Waals surface area (Å²) in [5.41, 5.74) is 3.48. The molecule has 0 spiro atoms. The fourth-order valence-corrected chi connectivity index (χ4v) is 3.59. The molecule has 0 saturated heterocycles. The van der Waals surface area contributed by atoms with E-state index in [0.29, 0.717) is 17.7 Å². The van der Waals surface area contributed by atoms with Crippen LogP contribution in [0.2, 0.25) is 0 Å². The molecular weight excluding hydrogens is 418 g/mol. The first kappa shape index (κ1) is 22.1. The van der Waals surface area contributed by atoms with Gasteiger partial charge in [-0.05, 0) is 54.4 Å². The van der Waals surface area contributed by atoms with Crippen molar-refractivity contribution in [3.8, 4) is 22.8 Å². The van der Waals surface area contributed by atoms with E-state index >= 15 is 0 Å². The van der Waals surface area contributed by atoms with Gasteiger partial charge in [-0.15, -0.1) is 0 Å². The molecular formula is C26H25N3O4. The van der Waals surface area contributed by atoms with Crippen LogP contribution in [0.25, 0.3) is 22.0 Å². The maximum absolute atomic E-state index is 12.4. The quantitative estimate of drug-likeness (QED) is 0.472. The van der Waals surface area contributed by atoms with Crippen LogP contribution in [0.15, 0.2) is 71.5 Å². The zero-order valence-corrected chi connectivity index (χ0v) is 18.8. The highest BCUT2D eigenvalue weighted by molar-refractivity contribution is 5.93. The molecule has 7 nitrogen and oxygen atoms in total. The first-order valence-corrected chi connectivity index (χ1v) is 10.6. The molecule has 7 heteroatoms. The van der Waals surface area contributed by atoms with Crippen LogP contribution in [0.4, 0.5) is 0 Å². The van der Waals surface area contributed by atoms with E-state index in [1.54, 1.807) is 44.5 Å². The lowest BCUT2D eigenvalue weighted by Crippen LogP contribution is -2.28. The summed E-state index contributed by atoms with van der Waals surface area (Å²) < 4.78 is 12.0. The van der Waals surface area contributed by atoms with Gasteiger partial charge in [0, 0.05) is 24.5 Å². The van der Waals surface area contributed by atoms with Gasteiger partial charge in [-0.3, -0.25) is 9.59 Å². The van der Waals surface area contributed by atoms with E-state index in [9.17, 15) is 9.59 Å². The number of carbonyl (C=O) groups excluding carboxylic acids is 1. The van der Waals surface area contributed by atoms with Crippen LogP contribution in [0.3, 0.4) is 0 Å². The van der Waals surface area contributed by atoms with Crippen LogP contribution in [-0.2, 0) is 18.4 Å². The maximum atomic E-state index is 12.4. The first-order valence-electron chi connectivity index (χ1n) is 10.6. The molecule has 1 heterocycles. The Morgan fingerprint density at radius 2 is 1.70 bits per heavy atom. The number of hydrogen-bond acceptors (Lipinski definition) is 5. The lowest BCUT2D eigenvalue weighted by atomic mass is 10.00. The second-order valence-corrected chi connectivity index (χ2v) is 7.71. The maximum Gasteiger partial charge on any atom is 0.274 e. The van der Waals surface area contributed by atoms with Gasteiger partial charge in [-0.2, -0.15) is 5.10 Å². The standard InChI is InChI=1S/C26H25N3O4/c1-17-8-9-18(25-22-6-4-5-7-23(22)26(31)29(2)28-25)14-19(17)15-27-24(30)16-33-21-12-10-20(32-3)11-13-21/h4-14H,15-16H2,1-3H3,(H,27,30). The SMILES string of the molecule is COc1ccc(OCC(=O)NCc2cc(-c3nn(C)c(=O)c4ccccc34)ccc2C)cc1. The number of methoxy groups -OCH3 is 1. The minimum absolute atomic E-state index is 0.0853. The molecule has 1 amide bonds. The molecule has 0 aliphatic rings. The van der Waals surface area contributed by atoms with Gasteiger partial charge in [0.1, 0.15) is 11.5 Å². The number of carbonyl (C=O) groups is 1. The third-order valence-corrected chi connectivity index (χ3v) is 5.48. The van der Waals surface area contributed by atoms with Gasteiger partial charge in [-0.1, -0.05) is 30.3 Å². The molecule has 0 aliphatic heterocycles. The lowest BCUT2D eigenvalue weighted by molar-refractivity contribution is -0.123. The molecule has 33 heavy (non-hydrogen) atoms. The molecule has 4 aromatic rings. The molecule has 4 rings (SSSR count). The molecule has 0 fully saturated rings. The Hall–Kier alpha value is -4.13. The Balaban J connectivity index is 1.49. The Kier molecular flexibility index (Phi) is 6.40. The van der Waals surface area contributed by atoms with Crippen molar-refractivity contribution < 1.29 is 14.3 Å². The number of hydrogen-bond donors (Lipinski definition) is 1. The molecule has 0 radical (unpaired) electrons. The van der Waals surface area contributed by atoms with E-state index in [2.05, 4.69) is 10.4 Å². The van der Waals surface area contributed by atoms with E-state index in [0.717, 1.165) is 33.5 Å². The minimum Gasteiger partial charge on any atom is -0.497 e. The fraction of sp³-hybridized carbons (Fsp3) is 0.192. The monoisotopic (exact) mass is 443 g/mol. The predicted octanol–water partition coefficient (Wildman–Crippen LogP) is 3.61. The zero-order valence-electron chi connectivity index (χ0n) is 18.8. The van der Waals surface area contributed by atoms with Crippen LogP contribution in [0, 0.1) is 6.92 Å². The highest BCUT2D eigenvalue weighted by Crippen LogP contribution is 2.26. The average Bonchev–Trinajstić information content (AvgIpc) is 2.85. The molecule has 0 saturated carbocycles. The number of rotatable bonds is 7. The van der Waals surface area contributed by atoms with Crippen molar-refractivity contribution >= 4 is 16.7 Å². The smallest absolute Gasteiger partial charge is 0.274 e. The number of amides is 1. The number of nitrogens with zero attached hydrogens (tertiary/aromatic N) is 2. The highest BCUT2D eigenvalue weighted by Gasteiger charge is 2.12. The summed E-state index contributed by atoms with van der Waals surface area (Å²) in [6.07, 6.45) is 0. The number of nitrogens with one attached hydrogen (secondary N) is 1. The van der Waals surface area contributed by atoms with Gasteiger partial charge in [0.15, 0.2) is 6.61 Å². The highest BCUT2D eigenvalue weighted by atomic mass is 16.5. The van der Waals surface area contributed by atoms with Crippen molar-refractivity contribution in [1.29, 1.82) is 0 Å². The topological polar surface area (TPSA) is 82.4 Å². The normalized spacial score (nSPS) is 10.8. The summed E-state index contributed by atoms with van der Waals surface area (Å²) in [6.45, 7) is 2.26. The summed E-state index contributed by atoms with van der Waals surface area (Å²) in [7, 11) is 3.24. The Morgan fingerprint density at radius 1 is 1.00 bits per heavy atom. The Morgan fingerprint density at radius 3 is 2.42 bits per heavy atom. The van der Waals surface area contributed by atoms with Crippen molar-refractivity contribution in [2.24, 2.45) is 7.05 Å². The molecule has 1 N–H and O–H groups in total. The van der Waals surface area contributed by atoms with Gasteiger partial charge in [0.05, 0.1) is 18.2 Å². The molecule has 0 atom stereocenters. The van der Waals surface area contributed by atoms with Crippen molar-refractivity contribution in [3.05, 3.63) is 88.2 Å². The molecule has 0 aliphatic carbocycles. The number of ether oxygens (including phenoxy) is 2. The van der Waals surface area contributed by atoms with Crippen molar-refractivity contribution in [3.63, 3.8) is 0 Å². The number of benzene rings is 3. The van der Waals surface area contributed by atoms with E-state index in [4.69, 9.17) is 9.47 Å². The van der Waals surface area contributed by atoms with Crippen LogP contribution >= 0.6 is 0 Å². The molecule has 168 valence electrons. The molecule has 0 unspecified atom stereocenters. The molecule has 3 aromatic carbocycles. The van der Waals surface area contributed by atoms with Crippen LogP contribution in [0.1, 0.15) is 11.1 Å². The van der Waals surface area contributed by atoms with E-state index in [-0.39, 0.29) is 18.1 Å². The summed E-state index contributed by atoms with van der Waals surface area (Å²) in [5, 5.41) is 8.82. The van der Waals surface area contributed by atoms with Gasteiger partial charge >= 0.3 is 0 Å². The van der Waals surface area contributed by atoms with Gasteiger partial charge in [0.25, 0.3) is 11.5 Å². The Labute approximate surface area is 191 Å². The van der Waals surface area contributed by atoms with E-state index < -0.39 is 0 Å². The summed E-state index contributed by atoms with van der Waals surface area (Å²) >= 11 is 0. The van der Waals surface area contributed by atoms with Crippen molar-refractivity contribution in [2.75, 3.05) is 13.7 Å². The predicted molar refractivity (Wildman–Crippen MR) is 127 cm³/mol. The van der Waals surface area contributed by atoms with E-state index in [1.807, 2.05) is 43.3 Å².